The molecule has 0 bridgehead atoms. The predicted molar refractivity (Wildman–Crippen MR) is 267 cm³/mol. The van der Waals surface area contributed by atoms with E-state index in [-0.39, 0.29) is 10.8 Å². The van der Waals surface area contributed by atoms with Crippen LogP contribution in [0.2, 0.25) is 0 Å². The molecule has 3 aliphatic carbocycles. The highest BCUT2D eigenvalue weighted by atomic mass is 32.2. The third-order valence-corrected chi connectivity index (χ3v) is 15.7. The molecule has 0 saturated heterocycles. The third-order valence-electron chi connectivity index (χ3n) is 14.5. The fraction of sp³-hybridized carbons (Fsp3) is 0.115. The van der Waals surface area contributed by atoms with Crippen molar-refractivity contribution in [2.75, 3.05) is 4.90 Å². The van der Waals surface area contributed by atoms with Crippen molar-refractivity contribution in [1.29, 1.82) is 0 Å². The Morgan fingerprint density at radius 3 is 1.35 bits per heavy atom. The maximum absolute atomic E-state index is 4.10. The maximum Gasteiger partial charge on any atom is 0.0741 e. The van der Waals surface area contributed by atoms with Crippen molar-refractivity contribution in [1.82, 2.24) is 0 Å². The summed E-state index contributed by atoms with van der Waals surface area (Å²) in [6.45, 7) is 13.6. The van der Waals surface area contributed by atoms with E-state index in [2.05, 4.69) is 233 Å². The molecule has 0 saturated carbocycles. The van der Waals surface area contributed by atoms with Gasteiger partial charge in [-0.05, 0) is 132 Å². The molecule has 1 heterocycles. The quantitative estimate of drug-likeness (QED) is 0.154. The highest BCUT2D eigenvalue weighted by Gasteiger charge is 2.51. The number of thioether (sulfide) groups is 1. The van der Waals surface area contributed by atoms with E-state index in [1.807, 2.05) is 17.8 Å². The molecule has 4 aliphatic rings. The SMILES string of the molecule is C=C/C=C\C1=C(c2ccc(N(c3ccc4c(c3)C(C)(C)c3ccccc3-4)c3ccc4c(c3)C(C)(C)c3ccccc3-4)cc2)C2(c3ccccc3S1)c1ccccc1-c1ccccc12. The van der Waals surface area contributed by atoms with Crippen LogP contribution in [0, 0.1) is 0 Å². The number of rotatable bonds is 6. The van der Waals surface area contributed by atoms with Gasteiger partial charge in [-0.15, -0.1) is 0 Å². The van der Waals surface area contributed by atoms with Crippen molar-refractivity contribution < 1.29 is 0 Å². The van der Waals surface area contributed by atoms with E-state index in [1.165, 1.54) is 93.3 Å². The zero-order valence-electron chi connectivity index (χ0n) is 36.1. The second kappa shape index (κ2) is 13.8. The molecule has 2 heteroatoms. The minimum absolute atomic E-state index is 0.127. The van der Waals surface area contributed by atoms with Crippen LogP contribution in [-0.4, -0.2) is 0 Å². The first-order valence-corrected chi connectivity index (χ1v) is 22.9. The average molecular weight is 826 g/mol. The van der Waals surface area contributed by atoms with Gasteiger partial charge < -0.3 is 4.90 Å². The largest absolute Gasteiger partial charge is 0.310 e. The monoisotopic (exact) mass is 825 g/mol. The summed E-state index contributed by atoms with van der Waals surface area (Å²) in [6, 6.07) is 68.7. The molecule has 63 heavy (non-hydrogen) atoms. The smallest absolute Gasteiger partial charge is 0.0741 e. The Balaban J connectivity index is 1.07. The maximum atomic E-state index is 4.10. The second-order valence-corrected chi connectivity index (χ2v) is 19.5. The van der Waals surface area contributed by atoms with Gasteiger partial charge in [-0.25, -0.2) is 0 Å². The number of hydrogen-bond donors (Lipinski definition) is 0. The predicted octanol–water partition coefficient (Wildman–Crippen LogP) is 16.3. The van der Waals surface area contributed by atoms with Crippen LogP contribution in [0.3, 0.4) is 0 Å². The van der Waals surface area contributed by atoms with Crippen LogP contribution in [0.4, 0.5) is 17.1 Å². The highest BCUT2D eigenvalue weighted by molar-refractivity contribution is 8.03. The summed E-state index contributed by atoms with van der Waals surface area (Å²) in [7, 11) is 0. The average Bonchev–Trinajstić information content (AvgIpc) is 3.83. The summed E-state index contributed by atoms with van der Waals surface area (Å²) < 4.78 is 0. The summed E-state index contributed by atoms with van der Waals surface area (Å²) in [4.78, 5) is 4.99. The molecule has 1 nitrogen and oxygen atoms in total. The Morgan fingerprint density at radius 2 is 0.841 bits per heavy atom. The van der Waals surface area contributed by atoms with Gasteiger partial charge in [0.2, 0.25) is 0 Å². The van der Waals surface area contributed by atoms with Gasteiger partial charge in [0.25, 0.3) is 0 Å². The van der Waals surface area contributed by atoms with Crippen molar-refractivity contribution in [2.45, 2.75) is 48.8 Å². The lowest BCUT2D eigenvalue weighted by atomic mass is 9.65. The van der Waals surface area contributed by atoms with Gasteiger partial charge in [-0.1, -0.05) is 198 Å². The van der Waals surface area contributed by atoms with Crippen molar-refractivity contribution in [3.63, 3.8) is 0 Å². The van der Waals surface area contributed by atoms with Crippen LogP contribution in [-0.2, 0) is 16.2 Å². The van der Waals surface area contributed by atoms with Gasteiger partial charge in [0, 0.05) is 37.7 Å². The Kier molecular flexibility index (Phi) is 8.30. The van der Waals surface area contributed by atoms with E-state index >= 15 is 0 Å². The highest BCUT2D eigenvalue weighted by Crippen LogP contribution is 2.65. The zero-order chi connectivity index (χ0) is 42.7. The fourth-order valence-corrected chi connectivity index (χ4v) is 12.9. The minimum atomic E-state index is -0.516. The standard InChI is InChI=1S/C61H47NS/c1-6-7-27-57-58(61(53-26-16-17-28-56(53)63-57)51-24-14-10-20-45(51)46-21-11-15-25-52(46)61)39-29-31-40(32-30-39)62(41-33-35-47-43-18-8-12-22-49(43)59(2,3)54(47)37-41)42-34-36-48-44-19-9-13-23-50(44)60(4,5)55(48)38-42/h6-38H,1H2,2-5H3/b27-7-. The Hall–Kier alpha value is -6.87. The lowest BCUT2D eigenvalue weighted by Gasteiger charge is -2.41. The molecule has 8 aromatic carbocycles. The summed E-state index contributed by atoms with van der Waals surface area (Å²) in [5.41, 5.74) is 22.5. The van der Waals surface area contributed by atoms with E-state index in [0.717, 1.165) is 17.1 Å². The number of allylic oxidation sites excluding steroid dienone is 4. The molecule has 0 N–H and O–H groups in total. The molecule has 0 radical (unpaired) electrons. The number of fused-ring (bicyclic) bond motifs is 13. The molecule has 8 aromatic rings. The Labute approximate surface area is 375 Å². The number of nitrogens with zero attached hydrogens (tertiary/aromatic N) is 1. The minimum Gasteiger partial charge on any atom is -0.310 e. The van der Waals surface area contributed by atoms with E-state index in [1.54, 1.807) is 0 Å². The van der Waals surface area contributed by atoms with Crippen LogP contribution in [0.25, 0.3) is 39.0 Å². The van der Waals surface area contributed by atoms with E-state index < -0.39 is 5.41 Å². The summed E-state index contributed by atoms with van der Waals surface area (Å²) >= 11 is 1.86. The number of anilines is 3. The van der Waals surface area contributed by atoms with E-state index in [4.69, 9.17) is 0 Å². The molecule has 0 amide bonds. The molecule has 1 spiro atoms. The lowest BCUT2D eigenvalue weighted by molar-refractivity contribution is 0.660. The van der Waals surface area contributed by atoms with Gasteiger partial charge in [-0.2, -0.15) is 0 Å². The topological polar surface area (TPSA) is 3.24 Å². The van der Waals surface area contributed by atoms with Crippen LogP contribution in [0.1, 0.15) is 72.2 Å². The molecule has 0 unspecified atom stereocenters. The van der Waals surface area contributed by atoms with Gasteiger partial charge >= 0.3 is 0 Å². The van der Waals surface area contributed by atoms with Crippen LogP contribution in [0.5, 0.6) is 0 Å². The number of hydrogen-bond acceptors (Lipinski definition) is 2. The van der Waals surface area contributed by atoms with Gasteiger partial charge in [0.15, 0.2) is 0 Å². The molecule has 302 valence electrons. The van der Waals surface area contributed by atoms with Gasteiger partial charge in [0.05, 0.1) is 5.41 Å². The van der Waals surface area contributed by atoms with Crippen molar-refractivity contribution >= 4 is 34.4 Å². The molecule has 0 atom stereocenters. The Morgan fingerprint density at radius 1 is 0.429 bits per heavy atom. The zero-order valence-corrected chi connectivity index (χ0v) is 36.9. The van der Waals surface area contributed by atoms with Crippen LogP contribution >= 0.6 is 11.8 Å². The van der Waals surface area contributed by atoms with Crippen molar-refractivity contribution in [3.8, 4) is 33.4 Å². The Bertz CT molecular complexity index is 3130. The molecule has 0 aromatic heterocycles. The van der Waals surface area contributed by atoms with E-state index in [0.29, 0.717) is 0 Å². The molecule has 1 aliphatic heterocycles. The second-order valence-electron chi connectivity index (χ2n) is 18.5. The van der Waals surface area contributed by atoms with E-state index in [9.17, 15) is 0 Å². The summed E-state index contributed by atoms with van der Waals surface area (Å²) in [6.07, 6.45) is 6.25. The van der Waals surface area contributed by atoms with Crippen molar-refractivity contribution in [2.24, 2.45) is 0 Å². The van der Waals surface area contributed by atoms with Crippen molar-refractivity contribution in [3.05, 3.63) is 256 Å². The lowest BCUT2D eigenvalue weighted by Crippen LogP contribution is -2.32. The molecular weight excluding hydrogens is 779 g/mol. The first-order chi connectivity index (χ1) is 30.7. The summed E-state index contributed by atoms with van der Waals surface area (Å²) in [5, 5.41) is 0. The van der Waals surface area contributed by atoms with Crippen LogP contribution in [0.15, 0.2) is 217 Å². The normalized spacial score (nSPS) is 16.2. The molecule has 12 rings (SSSR count). The van der Waals surface area contributed by atoms with Gasteiger partial charge in [0.1, 0.15) is 0 Å². The fourth-order valence-electron chi connectivity index (χ4n) is 11.7. The summed E-state index contributed by atoms with van der Waals surface area (Å²) in [5.74, 6) is 0. The first kappa shape index (κ1) is 37.9. The number of benzene rings is 8. The first-order valence-electron chi connectivity index (χ1n) is 22.1. The van der Waals surface area contributed by atoms with Gasteiger partial charge in [-0.3, -0.25) is 0 Å². The molecule has 0 fully saturated rings. The molecular formula is C61H47NS. The van der Waals surface area contributed by atoms with Crippen LogP contribution < -0.4 is 4.90 Å². The third kappa shape index (κ3) is 5.25.